The van der Waals surface area contributed by atoms with Crippen molar-refractivity contribution in [3.05, 3.63) is 40.8 Å². The summed E-state index contributed by atoms with van der Waals surface area (Å²) in [6, 6.07) is 7.08. The number of halogens is 2. The van der Waals surface area contributed by atoms with Gasteiger partial charge in [0.2, 0.25) is 0 Å². The molecule has 17 heavy (non-hydrogen) atoms. The Labute approximate surface area is 103 Å². The van der Waals surface area contributed by atoms with Crippen molar-refractivity contribution in [3.63, 3.8) is 0 Å². The van der Waals surface area contributed by atoms with Gasteiger partial charge in [0.25, 0.3) is 0 Å². The third kappa shape index (κ3) is 3.77. The minimum atomic E-state index is -2.20. The van der Waals surface area contributed by atoms with Crippen LogP contribution in [0.15, 0.2) is 29.7 Å². The first-order valence-corrected chi connectivity index (χ1v) is 9.51. The van der Waals surface area contributed by atoms with E-state index in [0.29, 0.717) is 5.56 Å². The summed E-state index contributed by atoms with van der Waals surface area (Å²) >= 11 is 0. The lowest BCUT2D eigenvalue weighted by Gasteiger charge is -2.14. The van der Waals surface area contributed by atoms with Crippen LogP contribution in [0, 0.1) is 0 Å². The SMILES string of the molecule is CCCc1ccc(/C(F)=C(/F)[Si](C)(C)C)cc1. The van der Waals surface area contributed by atoms with E-state index in [1.54, 1.807) is 31.8 Å². The second-order valence-electron chi connectivity index (χ2n) is 5.32. The summed E-state index contributed by atoms with van der Waals surface area (Å²) in [5.41, 5.74) is 0.961. The maximum absolute atomic E-state index is 13.9. The van der Waals surface area contributed by atoms with Crippen LogP contribution in [0.4, 0.5) is 8.78 Å². The predicted molar refractivity (Wildman–Crippen MR) is 72.9 cm³/mol. The lowest BCUT2D eigenvalue weighted by atomic mass is 10.1. The Morgan fingerprint density at radius 1 is 1.06 bits per heavy atom. The van der Waals surface area contributed by atoms with Gasteiger partial charge < -0.3 is 0 Å². The zero-order valence-corrected chi connectivity index (χ0v) is 12.0. The van der Waals surface area contributed by atoms with Gasteiger partial charge in [0.1, 0.15) is 13.5 Å². The molecule has 0 aliphatic rings. The van der Waals surface area contributed by atoms with E-state index in [1.807, 2.05) is 12.1 Å². The van der Waals surface area contributed by atoms with Gasteiger partial charge in [-0.2, -0.15) is 0 Å². The van der Waals surface area contributed by atoms with Crippen molar-refractivity contribution in [2.45, 2.75) is 39.4 Å². The first-order chi connectivity index (χ1) is 7.86. The van der Waals surface area contributed by atoms with Gasteiger partial charge in [-0.05, 0) is 12.0 Å². The van der Waals surface area contributed by atoms with Crippen molar-refractivity contribution >= 4 is 13.9 Å². The molecule has 1 rings (SSSR count). The van der Waals surface area contributed by atoms with E-state index in [2.05, 4.69) is 6.92 Å². The Bertz CT molecular complexity index is 399. The van der Waals surface area contributed by atoms with Crippen LogP contribution in [0.3, 0.4) is 0 Å². The highest BCUT2D eigenvalue weighted by atomic mass is 28.3. The molecule has 0 fully saturated rings. The van der Waals surface area contributed by atoms with E-state index in [0.717, 1.165) is 18.4 Å². The van der Waals surface area contributed by atoms with Crippen LogP contribution in [0.25, 0.3) is 5.83 Å². The number of aryl methyl sites for hydroxylation is 1. The quantitative estimate of drug-likeness (QED) is 0.654. The van der Waals surface area contributed by atoms with Crippen LogP contribution in [-0.4, -0.2) is 8.07 Å². The lowest BCUT2D eigenvalue weighted by molar-refractivity contribution is 0.641. The summed E-state index contributed by atoms with van der Waals surface area (Å²) in [5.74, 6) is -0.688. The molecule has 0 aliphatic carbocycles. The van der Waals surface area contributed by atoms with Crippen LogP contribution in [0.1, 0.15) is 24.5 Å². The van der Waals surface area contributed by atoms with Crippen molar-refractivity contribution in [2.24, 2.45) is 0 Å². The third-order valence-corrected chi connectivity index (χ3v) is 4.13. The Morgan fingerprint density at radius 3 is 2.00 bits per heavy atom. The Kier molecular flexibility index (Phi) is 4.63. The van der Waals surface area contributed by atoms with Gasteiger partial charge >= 0.3 is 0 Å². The summed E-state index contributed by atoms with van der Waals surface area (Å²) in [5, 5.41) is 0. The summed E-state index contributed by atoms with van der Waals surface area (Å²) in [4.78, 5) is 0. The molecule has 0 saturated heterocycles. The van der Waals surface area contributed by atoms with Crippen LogP contribution in [0.5, 0.6) is 0 Å². The fourth-order valence-corrected chi connectivity index (χ4v) is 2.37. The smallest absolute Gasteiger partial charge is 0.156 e. The van der Waals surface area contributed by atoms with Crippen LogP contribution in [-0.2, 0) is 6.42 Å². The molecule has 1 aromatic rings. The van der Waals surface area contributed by atoms with Gasteiger partial charge in [0, 0.05) is 5.56 Å². The number of hydrogen-bond acceptors (Lipinski definition) is 0. The second kappa shape index (κ2) is 5.58. The minimum absolute atomic E-state index is 0.352. The summed E-state index contributed by atoms with van der Waals surface area (Å²) in [6.45, 7) is 7.49. The molecular formula is C14H20F2Si. The monoisotopic (exact) mass is 254 g/mol. The van der Waals surface area contributed by atoms with Gasteiger partial charge in [0.15, 0.2) is 5.83 Å². The highest BCUT2D eigenvalue weighted by Crippen LogP contribution is 2.28. The summed E-state index contributed by atoms with van der Waals surface area (Å²) in [7, 11) is -2.20. The fourth-order valence-electron chi connectivity index (χ4n) is 1.56. The molecule has 0 saturated carbocycles. The van der Waals surface area contributed by atoms with Crippen LogP contribution < -0.4 is 0 Å². The fraction of sp³-hybridized carbons (Fsp3) is 0.429. The Morgan fingerprint density at radius 2 is 1.59 bits per heavy atom. The molecule has 3 heteroatoms. The minimum Gasteiger partial charge on any atom is -0.214 e. The zero-order valence-electron chi connectivity index (χ0n) is 11.0. The van der Waals surface area contributed by atoms with Gasteiger partial charge in [-0.1, -0.05) is 57.3 Å². The Hall–Kier alpha value is -0.963. The molecule has 0 heterocycles. The van der Waals surface area contributed by atoms with Gasteiger partial charge in [-0.25, -0.2) is 8.78 Å². The van der Waals surface area contributed by atoms with E-state index in [-0.39, 0.29) is 0 Å². The summed E-state index contributed by atoms with van der Waals surface area (Å²) < 4.78 is 27.7. The van der Waals surface area contributed by atoms with E-state index < -0.39 is 19.4 Å². The first-order valence-electron chi connectivity index (χ1n) is 6.01. The van der Waals surface area contributed by atoms with E-state index in [4.69, 9.17) is 0 Å². The van der Waals surface area contributed by atoms with Crippen molar-refractivity contribution in [1.82, 2.24) is 0 Å². The molecule has 0 amide bonds. The maximum Gasteiger partial charge on any atom is 0.156 e. The molecule has 0 aromatic heterocycles. The third-order valence-electron chi connectivity index (χ3n) is 2.60. The molecule has 0 unspecified atom stereocenters. The maximum atomic E-state index is 13.9. The van der Waals surface area contributed by atoms with E-state index in [9.17, 15) is 8.78 Å². The molecule has 0 N–H and O–H groups in total. The predicted octanol–water partition coefficient (Wildman–Crippen LogP) is 5.12. The van der Waals surface area contributed by atoms with Gasteiger partial charge in [-0.15, -0.1) is 0 Å². The molecule has 0 spiro atoms. The van der Waals surface area contributed by atoms with Gasteiger partial charge in [0.05, 0.1) is 0 Å². The number of hydrogen-bond donors (Lipinski definition) is 0. The van der Waals surface area contributed by atoms with Crippen molar-refractivity contribution < 1.29 is 8.78 Å². The van der Waals surface area contributed by atoms with E-state index >= 15 is 0 Å². The van der Waals surface area contributed by atoms with Crippen molar-refractivity contribution in [3.8, 4) is 0 Å². The number of benzene rings is 1. The molecule has 0 aliphatic heterocycles. The molecule has 0 atom stereocenters. The molecule has 0 radical (unpaired) electrons. The average molecular weight is 254 g/mol. The topological polar surface area (TPSA) is 0 Å². The normalized spacial score (nSPS) is 13.5. The van der Waals surface area contributed by atoms with Crippen molar-refractivity contribution in [1.29, 1.82) is 0 Å². The number of rotatable bonds is 4. The molecular weight excluding hydrogens is 234 g/mol. The summed E-state index contributed by atoms with van der Waals surface area (Å²) in [6.07, 6.45) is 2.03. The molecule has 0 bridgehead atoms. The largest absolute Gasteiger partial charge is 0.214 e. The lowest BCUT2D eigenvalue weighted by Crippen LogP contribution is -2.22. The molecule has 0 nitrogen and oxygen atoms in total. The Balaban J connectivity index is 3.01. The van der Waals surface area contributed by atoms with Crippen LogP contribution >= 0.6 is 0 Å². The highest BCUT2D eigenvalue weighted by molar-refractivity contribution is 6.83. The van der Waals surface area contributed by atoms with Crippen molar-refractivity contribution in [2.75, 3.05) is 0 Å². The standard InChI is InChI=1S/C14H20F2Si/c1-5-6-11-7-9-12(10-8-11)13(15)14(16)17(2,3)4/h7-10H,5-6H2,1-4H3/b14-13+. The molecule has 94 valence electrons. The van der Waals surface area contributed by atoms with Gasteiger partial charge in [-0.3, -0.25) is 0 Å². The zero-order chi connectivity index (χ0) is 13.1. The highest BCUT2D eigenvalue weighted by Gasteiger charge is 2.25. The van der Waals surface area contributed by atoms with Crippen LogP contribution in [0.2, 0.25) is 19.6 Å². The first kappa shape index (κ1) is 14.1. The van der Waals surface area contributed by atoms with E-state index in [1.165, 1.54) is 0 Å². The second-order valence-corrected chi connectivity index (χ2v) is 10.3. The molecule has 1 aromatic carbocycles. The average Bonchev–Trinajstić information content (AvgIpc) is 2.27.